The minimum Gasteiger partial charge on any atom is -0.355 e. The third-order valence-corrected chi connectivity index (χ3v) is 3.05. The molecule has 1 aliphatic heterocycles. The number of carbonyl (C=O) groups excluding carboxylic acids is 1. The predicted octanol–water partition coefficient (Wildman–Crippen LogP) is 1.85. The number of carbonyl (C=O) groups is 1. The molecule has 1 aromatic rings. The van der Waals surface area contributed by atoms with Crippen molar-refractivity contribution in [3.63, 3.8) is 0 Å². The highest BCUT2D eigenvalue weighted by Crippen LogP contribution is 2.30. The van der Waals surface area contributed by atoms with Crippen LogP contribution in [0.15, 0.2) is 30.3 Å². The maximum absolute atomic E-state index is 11.1. The number of nitrogens with one attached hydrogen (secondary N) is 1. The van der Waals surface area contributed by atoms with Crippen molar-refractivity contribution in [2.24, 2.45) is 0 Å². The van der Waals surface area contributed by atoms with Crippen molar-refractivity contribution in [1.29, 1.82) is 0 Å². The van der Waals surface area contributed by atoms with Crippen LogP contribution in [-0.2, 0) is 10.2 Å². The van der Waals surface area contributed by atoms with E-state index >= 15 is 0 Å². The molecule has 1 aliphatic rings. The maximum Gasteiger partial charge on any atom is 0.220 e. The normalized spacial score (nSPS) is 27.1. The summed E-state index contributed by atoms with van der Waals surface area (Å²) in [7, 11) is 0. The minimum absolute atomic E-state index is 0.120. The summed E-state index contributed by atoms with van der Waals surface area (Å²) in [5.74, 6) is 0.179. The highest BCUT2D eigenvalue weighted by Gasteiger charge is 2.31. The van der Waals surface area contributed by atoms with Crippen molar-refractivity contribution in [3.05, 3.63) is 35.9 Å². The lowest BCUT2D eigenvalue weighted by atomic mass is 9.76. The van der Waals surface area contributed by atoms with Crippen LogP contribution in [0.25, 0.3) is 0 Å². The van der Waals surface area contributed by atoms with Crippen molar-refractivity contribution < 1.29 is 4.79 Å². The molecule has 1 aromatic carbocycles. The predicted molar refractivity (Wildman–Crippen MR) is 56.0 cm³/mol. The molecule has 0 aliphatic carbocycles. The number of hydrogen-bond donors (Lipinski definition) is 1. The maximum atomic E-state index is 11.1. The molecule has 2 rings (SSSR count). The van der Waals surface area contributed by atoms with E-state index in [-0.39, 0.29) is 11.3 Å². The summed E-state index contributed by atoms with van der Waals surface area (Å²) < 4.78 is 0. The highest BCUT2D eigenvalue weighted by molar-refractivity contribution is 5.77. The average molecular weight is 189 g/mol. The fraction of sp³-hybridized carbons (Fsp3) is 0.417. The van der Waals surface area contributed by atoms with Crippen molar-refractivity contribution >= 4 is 5.91 Å². The van der Waals surface area contributed by atoms with Gasteiger partial charge in [-0.1, -0.05) is 37.3 Å². The standard InChI is InChI=1S/C12H15NO/c1-12(8-7-11(14)13-9-12)10-5-3-2-4-6-10/h2-6H,7-9H2,1H3,(H,13,14)/t12-/m1/s1. The van der Waals surface area contributed by atoms with Gasteiger partial charge in [0.1, 0.15) is 0 Å². The highest BCUT2D eigenvalue weighted by atomic mass is 16.1. The molecular weight excluding hydrogens is 174 g/mol. The van der Waals surface area contributed by atoms with Gasteiger partial charge in [-0.3, -0.25) is 4.79 Å². The van der Waals surface area contributed by atoms with Crippen molar-refractivity contribution in [2.75, 3.05) is 6.54 Å². The monoisotopic (exact) mass is 189 g/mol. The third kappa shape index (κ3) is 1.65. The zero-order valence-electron chi connectivity index (χ0n) is 8.42. The van der Waals surface area contributed by atoms with Crippen molar-refractivity contribution in [1.82, 2.24) is 5.32 Å². The third-order valence-electron chi connectivity index (χ3n) is 3.05. The van der Waals surface area contributed by atoms with E-state index in [1.54, 1.807) is 0 Å². The Kier molecular flexibility index (Phi) is 2.28. The van der Waals surface area contributed by atoms with Crippen LogP contribution in [0.1, 0.15) is 25.3 Å². The Morgan fingerprint density at radius 3 is 2.57 bits per heavy atom. The molecule has 1 atom stereocenters. The van der Waals surface area contributed by atoms with Gasteiger partial charge in [-0.05, 0) is 12.0 Å². The number of benzene rings is 1. The Balaban J connectivity index is 2.21. The van der Waals surface area contributed by atoms with Crippen LogP contribution < -0.4 is 5.32 Å². The molecular formula is C12H15NO. The molecule has 0 aromatic heterocycles. The van der Waals surface area contributed by atoms with Gasteiger partial charge >= 0.3 is 0 Å². The van der Waals surface area contributed by atoms with Gasteiger partial charge in [-0.2, -0.15) is 0 Å². The molecule has 14 heavy (non-hydrogen) atoms. The SMILES string of the molecule is C[C@@]1(c2ccccc2)CCC(=O)NC1. The van der Waals surface area contributed by atoms with Gasteiger partial charge < -0.3 is 5.32 Å². The van der Waals surface area contributed by atoms with Gasteiger partial charge in [0, 0.05) is 18.4 Å². The van der Waals surface area contributed by atoms with Crippen LogP contribution in [0.5, 0.6) is 0 Å². The van der Waals surface area contributed by atoms with Crippen LogP contribution in [0.3, 0.4) is 0 Å². The fourth-order valence-corrected chi connectivity index (χ4v) is 1.95. The van der Waals surface area contributed by atoms with Gasteiger partial charge in [0.05, 0.1) is 0 Å². The quantitative estimate of drug-likeness (QED) is 0.717. The second-order valence-corrected chi connectivity index (χ2v) is 4.20. The zero-order valence-corrected chi connectivity index (χ0v) is 8.42. The van der Waals surface area contributed by atoms with E-state index < -0.39 is 0 Å². The van der Waals surface area contributed by atoms with Crippen molar-refractivity contribution in [3.8, 4) is 0 Å². The van der Waals surface area contributed by atoms with Crippen LogP contribution in [0.2, 0.25) is 0 Å². The van der Waals surface area contributed by atoms with E-state index in [9.17, 15) is 4.79 Å². The Morgan fingerprint density at radius 1 is 1.29 bits per heavy atom. The zero-order chi connectivity index (χ0) is 10.0. The number of rotatable bonds is 1. The molecule has 74 valence electrons. The van der Waals surface area contributed by atoms with E-state index in [4.69, 9.17) is 0 Å². The molecule has 2 nitrogen and oxygen atoms in total. The second kappa shape index (κ2) is 3.45. The summed E-state index contributed by atoms with van der Waals surface area (Å²) in [6.07, 6.45) is 1.59. The summed E-state index contributed by atoms with van der Waals surface area (Å²) in [4.78, 5) is 11.1. The van der Waals surface area contributed by atoms with Gasteiger partial charge in [0.25, 0.3) is 0 Å². The van der Waals surface area contributed by atoms with Gasteiger partial charge in [-0.25, -0.2) is 0 Å². The molecule has 1 saturated heterocycles. The Bertz CT molecular complexity index is 321. The van der Waals surface area contributed by atoms with Crippen LogP contribution in [0, 0.1) is 0 Å². The molecule has 1 fully saturated rings. The van der Waals surface area contributed by atoms with Crippen LogP contribution in [0.4, 0.5) is 0 Å². The molecule has 0 spiro atoms. The first-order chi connectivity index (χ1) is 6.71. The smallest absolute Gasteiger partial charge is 0.220 e. The second-order valence-electron chi connectivity index (χ2n) is 4.20. The fourth-order valence-electron chi connectivity index (χ4n) is 1.95. The van der Waals surface area contributed by atoms with E-state index in [1.165, 1.54) is 5.56 Å². The number of hydrogen-bond acceptors (Lipinski definition) is 1. The topological polar surface area (TPSA) is 29.1 Å². The lowest BCUT2D eigenvalue weighted by Gasteiger charge is -2.34. The van der Waals surface area contributed by atoms with Crippen LogP contribution >= 0.6 is 0 Å². The van der Waals surface area contributed by atoms with Crippen LogP contribution in [-0.4, -0.2) is 12.5 Å². The Morgan fingerprint density at radius 2 is 2.00 bits per heavy atom. The largest absolute Gasteiger partial charge is 0.355 e. The van der Waals surface area contributed by atoms with E-state index in [2.05, 4.69) is 36.5 Å². The first kappa shape index (κ1) is 9.25. The molecule has 1 amide bonds. The van der Waals surface area contributed by atoms with Crippen molar-refractivity contribution in [2.45, 2.75) is 25.2 Å². The molecule has 1 N–H and O–H groups in total. The number of amides is 1. The molecule has 2 heteroatoms. The molecule has 0 bridgehead atoms. The summed E-state index contributed by atoms with van der Waals surface area (Å²) >= 11 is 0. The summed E-state index contributed by atoms with van der Waals surface area (Å²) in [5.41, 5.74) is 1.44. The summed E-state index contributed by atoms with van der Waals surface area (Å²) in [5, 5.41) is 2.93. The molecule has 1 heterocycles. The van der Waals surface area contributed by atoms with Gasteiger partial charge in [0.2, 0.25) is 5.91 Å². The number of piperidine rings is 1. The summed E-state index contributed by atoms with van der Waals surface area (Å²) in [6.45, 7) is 2.97. The first-order valence-corrected chi connectivity index (χ1v) is 5.03. The Labute approximate surface area is 84.3 Å². The van der Waals surface area contributed by atoms with E-state index in [0.29, 0.717) is 6.42 Å². The summed E-state index contributed by atoms with van der Waals surface area (Å²) in [6, 6.07) is 10.4. The Hall–Kier alpha value is -1.31. The van der Waals surface area contributed by atoms with E-state index in [0.717, 1.165) is 13.0 Å². The first-order valence-electron chi connectivity index (χ1n) is 5.03. The minimum atomic E-state index is 0.120. The molecule has 0 saturated carbocycles. The average Bonchev–Trinajstić information content (AvgIpc) is 2.24. The lowest BCUT2D eigenvalue weighted by molar-refractivity contribution is -0.123. The van der Waals surface area contributed by atoms with Gasteiger partial charge in [-0.15, -0.1) is 0 Å². The molecule has 0 radical (unpaired) electrons. The van der Waals surface area contributed by atoms with Gasteiger partial charge in [0.15, 0.2) is 0 Å². The molecule has 0 unspecified atom stereocenters. The lowest BCUT2D eigenvalue weighted by Crippen LogP contribution is -2.44. The van der Waals surface area contributed by atoms with E-state index in [1.807, 2.05) is 6.07 Å².